The monoisotopic (exact) mass is 760 g/mol. The Morgan fingerprint density at radius 1 is 0.792 bits per heavy atom. The molecule has 2 aromatic rings. The van der Waals surface area contributed by atoms with Crippen LogP contribution in [0, 0.1) is 41.2 Å². The van der Waals surface area contributed by atoms with Crippen molar-refractivity contribution in [3.8, 4) is 11.1 Å². The fourth-order valence-electron chi connectivity index (χ4n) is 10.0. The molecule has 260 valence electrons. The third kappa shape index (κ3) is 9.37. The van der Waals surface area contributed by atoms with Gasteiger partial charge in [0.15, 0.2) is 0 Å². The topological polar surface area (TPSA) is 0 Å². The summed E-state index contributed by atoms with van der Waals surface area (Å²) >= 11 is 1.69. The van der Waals surface area contributed by atoms with Crippen LogP contribution < -0.4 is 24.8 Å². The number of allylic oxidation sites excluding steroid dienone is 4. The van der Waals surface area contributed by atoms with E-state index in [0.29, 0.717) is 11.3 Å². The van der Waals surface area contributed by atoms with Crippen molar-refractivity contribution in [2.24, 2.45) is 29.1 Å². The summed E-state index contributed by atoms with van der Waals surface area (Å²) in [7, 11) is 0. The van der Waals surface area contributed by atoms with Gasteiger partial charge in [-0.15, -0.1) is 11.1 Å². The van der Waals surface area contributed by atoms with Crippen LogP contribution in [0.4, 0.5) is 0 Å². The molecule has 0 N–H and O–H groups in total. The second-order valence-electron chi connectivity index (χ2n) is 18.3. The minimum atomic E-state index is 0. The first kappa shape index (κ1) is 40.0. The van der Waals surface area contributed by atoms with Crippen molar-refractivity contribution in [1.82, 2.24) is 0 Å². The maximum atomic E-state index is 3.67. The molecule has 0 spiro atoms. The summed E-state index contributed by atoms with van der Waals surface area (Å²) in [4.78, 5) is 0. The van der Waals surface area contributed by atoms with Crippen LogP contribution in [-0.4, -0.2) is 3.21 Å². The van der Waals surface area contributed by atoms with Gasteiger partial charge in [0.05, 0.1) is 0 Å². The Hall–Kier alpha value is -0.747. The van der Waals surface area contributed by atoms with Crippen LogP contribution in [0.25, 0.3) is 11.1 Å². The predicted molar refractivity (Wildman–Crippen MR) is 194 cm³/mol. The first-order valence-electron chi connectivity index (χ1n) is 18.7. The third-order valence-corrected chi connectivity index (χ3v) is 13.3. The standard InChI is InChI=1S/C21H25.C18H25.C6H10.2ClH.Zr/c1-20(2,3)16-7-9-18-14(12-16)11-15-13-17(21(4,5)6)8-10-19(15)18;1-12-3-13(2)17(4-12)11-18-8-14-5-15(9-18)7-16(6-14)10-18;1-2-4-6-5-3-1;;;/h7-10,12H,11H2,1-6H3;4,12,14-16H,5-11H2,1-2H3;1-5H2;2*1H;/q2*-1;;;;+2/p-2. The van der Waals surface area contributed by atoms with Gasteiger partial charge in [0, 0.05) is 0 Å². The van der Waals surface area contributed by atoms with E-state index in [0.717, 1.165) is 24.2 Å². The molecule has 7 aliphatic carbocycles. The summed E-state index contributed by atoms with van der Waals surface area (Å²) < 4.78 is 1.80. The van der Waals surface area contributed by atoms with E-state index in [1.807, 2.05) is 0 Å². The van der Waals surface area contributed by atoms with Gasteiger partial charge in [-0.05, 0) is 90.1 Å². The normalized spacial score (nSPS) is 28.0. The van der Waals surface area contributed by atoms with Crippen molar-refractivity contribution in [3.05, 3.63) is 82.0 Å². The summed E-state index contributed by atoms with van der Waals surface area (Å²) in [6.07, 6.45) is 25.1. The first-order valence-corrected chi connectivity index (χ1v) is 20.0. The molecule has 0 aliphatic heterocycles. The van der Waals surface area contributed by atoms with E-state index < -0.39 is 0 Å². The molecular weight excluding hydrogens is 703 g/mol. The summed E-state index contributed by atoms with van der Waals surface area (Å²) in [5, 5.41) is 0. The Morgan fingerprint density at radius 2 is 1.38 bits per heavy atom. The number of rotatable bonds is 2. The van der Waals surface area contributed by atoms with Gasteiger partial charge in [-0.3, -0.25) is 6.08 Å². The van der Waals surface area contributed by atoms with Gasteiger partial charge >= 0.3 is 59.5 Å². The van der Waals surface area contributed by atoms with Crippen LogP contribution in [0.1, 0.15) is 155 Å². The van der Waals surface area contributed by atoms with E-state index in [9.17, 15) is 0 Å². The zero-order valence-electron chi connectivity index (χ0n) is 31.2. The third-order valence-electron chi connectivity index (χ3n) is 12.0. The van der Waals surface area contributed by atoms with Crippen molar-refractivity contribution >= 4 is 3.21 Å². The molecule has 2 aromatic carbocycles. The van der Waals surface area contributed by atoms with E-state index in [4.69, 9.17) is 0 Å². The van der Waals surface area contributed by atoms with Crippen molar-refractivity contribution in [2.75, 3.05) is 0 Å². The molecule has 1 unspecified atom stereocenters. The number of halogens is 2. The maximum absolute atomic E-state index is 3.67. The van der Waals surface area contributed by atoms with E-state index >= 15 is 0 Å². The molecule has 4 bridgehead atoms. The van der Waals surface area contributed by atoms with E-state index in [-0.39, 0.29) is 35.6 Å². The van der Waals surface area contributed by atoms with Gasteiger partial charge in [0.2, 0.25) is 0 Å². The second-order valence-corrected chi connectivity index (χ2v) is 20.1. The van der Waals surface area contributed by atoms with Gasteiger partial charge < -0.3 is 24.8 Å². The van der Waals surface area contributed by atoms with Crippen LogP contribution in [0.2, 0.25) is 0 Å². The molecule has 0 saturated heterocycles. The van der Waals surface area contributed by atoms with E-state index in [1.54, 1.807) is 71.5 Å². The fraction of sp³-hybridized carbons (Fsp3) is 0.622. The molecule has 1 atom stereocenters. The molecule has 0 radical (unpaired) electrons. The Balaban J connectivity index is 0.000000176. The Bertz CT molecular complexity index is 1410. The molecule has 0 nitrogen and oxygen atoms in total. The first-order chi connectivity index (χ1) is 21.7. The average Bonchev–Trinajstić information content (AvgIpc) is 3.49. The molecule has 3 heteroatoms. The molecule has 7 aliphatic rings. The van der Waals surface area contributed by atoms with Gasteiger partial charge in [-0.1, -0.05) is 91.5 Å². The minimum absolute atomic E-state index is 0. The van der Waals surface area contributed by atoms with Crippen LogP contribution in [0.15, 0.2) is 47.6 Å². The SMILES string of the molecule is CC(C)(C)c1[c-]c2c(cc1)-c1ccc(C(C)(C)C)cc1C2.CC1=[C-]C(C)C=C1CC12CC3CC(CC(C3)C1)C2.[Cl-].[Cl-].[Zr+2]=[C]1CCCCC1. The second kappa shape index (κ2) is 15.9. The predicted octanol–water partition coefficient (Wildman–Crippen LogP) is 6.25. The van der Waals surface area contributed by atoms with Crippen LogP contribution >= 0.6 is 0 Å². The zero-order chi connectivity index (χ0) is 32.9. The summed E-state index contributed by atoms with van der Waals surface area (Å²) in [5.74, 6) is 3.82. The Morgan fingerprint density at radius 3 is 1.85 bits per heavy atom. The van der Waals surface area contributed by atoms with E-state index in [1.165, 1.54) is 77.5 Å². The van der Waals surface area contributed by atoms with Crippen molar-refractivity contribution in [2.45, 2.75) is 150 Å². The molecule has 9 rings (SSSR count). The summed E-state index contributed by atoms with van der Waals surface area (Å²) in [6, 6.07) is 15.2. The van der Waals surface area contributed by atoms with Crippen molar-refractivity contribution in [1.29, 1.82) is 0 Å². The molecule has 0 aromatic heterocycles. The summed E-state index contributed by atoms with van der Waals surface area (Å²) in [5.41, 5.74) is 12.5. The van der Waals surface area contributed by atoms with Crippen LogP contribution in [-0.2, 0) is 41.5 Å². The number of benzene rings is 2. The summed E-state index contributed by atoms with van der Waals surface area (Å²) in [6.45, 7) is 18.1. The van der Waals surface area contributed by atoms with Gasteiger partial charge in [0.25, 0.3) is 0 Å². The number of hydrogen-bond donors (Lipinski definition) is 0. The Kier molecular flexibility index (Phi) is 13.2. The van der Waals surface area contributed by atoms with Crippen molar-refractivity contribution in [3.63, 3.8) is 0 Å². The molecule has 48 heavy (non-hydrogen) atoms. The number of hydrogen-bond acceptors (Lipinski definition) is 0. The van der Waals surface area contributed by atoms with Crippen molar-refractivity contribution < 1.29 is 49.0 Å². The number of fused-ring (bicyclic) bond motifs is 3. The van der Waals surface area contributed by atoms with Gasteiger partial charge in [-0.25, -0.2) is 5.57 Å². The van der Waals surface area contributed by atoms with Gasteiger partial charge in [0.1, 0.15) is 0 Å². The van der Waals surface area contributed by atoms with Gasteiger partial charge in [-0.2, -0.15) is 35.4 Å². The van der Waals surface area contributed by atoms with Crippen LogP contribution in [0.5, 0.6) is 0 Å². The van der Waals surface area contributed by atoms with Crippen LogP contribution in [0.3, 0.4) is 0 Å². The molecule has 0 heterocycles. The average molecular weight is 763 g/mol. The zero-order valence-corrected chi connectivity index (χ0v) is 35.2. The Labute approximate surface area is 322 Å². The quantitative estimate of drug-likeness (QED) is 0.271. The molecule has 0 amide bonds. The molecule has 5 saturated carbocycles. The fourth-order valence-corrected chi connectivity index (χ4v) is 10.9. The molecular formula is C45H60Cl2Zr-2. The molecule has 5 fully saturated rings. The van der Waals surface area contributed by atoms with E-state index in [2.05, 4.69) is 104 Å².